The van der Waals surface area contributed by atoms with Crippen LogP contribution >= 0.6 is 22.6 Å². The van der Waals surface area contributed by atoms with Gasteiger partial charge >= 0.3 is 0 Å². The fraction of sp³-hybridized carbons (Fsp3) is 0.455. The minimum absolute atomic E-state index is 0.128. The molecule has 16 heavy (non-hydrogen) atoms. The van der Waals surface area contributed by atoms with Crippen LogP contribution in [0.5, 0.6) is 0 Å². The summed E-state index contributed by atoms with van der Waals surface area (Å²) in [5.74, 6) is 1.15. The Hall–Kier alpha value is -0.690. The SMILES string of the molecule is Cc1cc(N2CC(CN)CC2=O)ncc1I. The Kier molecular flexibility index (Phi) is 3.44. The molecule has 1 saturated heterocycles. The summed E-state index contributed by atoms with van der Waals surface area (Å²) in [6.07, 6.45) is 2.34. The maximum atomic E-state index is 11.8. The van der Waals surface area contributed by atoms with E-state index in [0.717, 1.165) is 15.0 Å². The number of carbonyl (C=O) groups is 1. The van der Waals surface area contributed by atoms with Gasteiger partial charge in [0, 0.05) is 22.7 Å². The first-order valence-corrected chi connectivity index (χ1v) is 6.32. The average molecular weight is 331 g/mol. The molecule has 0 saturated carbocycles. The van der Waals surface area contributed by atoms with E-state index in [-0.39, 0.29) is 11.8 Å². The molecule has 5 heteroatoms. The van der Waals surface area contributed by atoms with Crippen LogP contribution in [-0.4, -0.2) is 24.0 Å². The van der Waals surface area contributed by atoms with Gasteiger partial charge in [-0.05, 0) is 53.6 Å². The molecule has 86 valence electrons. The molecule has 2 N–H and O–H groups in total. The van der Waals surface area contributed by atoms with Crippen molar-refractivity contribution in [1.82, 2.24) is 4.98 Å². The van der Waals surface area contributed by atoms with Crippen molar-refractivity contribution in [3.05, 3.63) is 21.4 Å². The van der Waals surface area contributed by atoms with Crippen LogP contribution in [0, 0.1) is 16.4 Å². The second kappa shape index (κ2) is 4.67. The van der Waals surface area contributed by atoms with E-state index in [0.29, 0.717) is 19.5 Å². The van der Waals surface area contributed by atoms with E-state index in [4.69, 9.17) is 5.73 Å². The van der Waals surface area contributed by atoms with Gasteiger partial charge in [-0.2, -0.15) is 0 Å². The molecule has 2 rings (SSSR count). The predicted octanol–water partition coefficient (Wildman–Crippen LogP) is 1.31. The average Bonchev–Trinajstić information content (AvgIpc) is 2.64. The highest BCUT2D eigenvalue weighted by Gasteiger charge is 2.30. The molecule has 1 aliphatic rings. The molecule has 1 aliphatic heterocycles. The Morgan fingerprint density at radius 2 is 2.44 bits per heavy atom. The summed E-state index contributed by atoms with van der Waals surface area (Å²) < 4.78 is 1.11. The van der Waals surface area contributed by atoms with Gasteiger partial charge in [-0.1, -0.05) is 0 Å². The third-order valence-corrected chi connectivity index (χ3v) is 3.98. The summed E-state index contributed by atoms with van der Waals surface area (Å²) in [5, 5.41) is 0. The smallest absolute Gasteiger partial charge is 0.228 e. The summed E-state index contributed by atoms with van der Waals surface area (Å²) in [6, 6.07) is 1.96. The first-order valence-electron chi connectivity index (χ1n) is 5.24. The zero-order valence-electron chi connectivity index (χ0n) is 9.11. The van der Waals surface area contributed by atoms with Crippen molar-refractivity contribution in [2.75, 3.05) is 18.0 Å². The fourth-order valence-corrected chi connectivity index (χ4v) is 2.13. The number of nitrogens with two attached hydrogens (primary N) is 1. The highest BCUT2D eigenvalue weighted by molar-refractivity contribution is 14.1. The minimum atomic E-state index is 0.128. The molecule has 4 nitrogen and oxygen atoms in total. The summed E-state index contributed by atoms with van der Waals surface area (Å²) in [6.45, 7) is 3.28. The topological polar surface area (TPSA) is 59.2 Å². The number of aryl methyl sites for hydroxylation is 1. The fourth-order valence-electron chi connectivity index (χ4n) is 1.83. The lowest BCUT2D eigenvalue weighted by Crippen LogP contribution is -2.26. The number of amides is 1. The van der Waals surface area contributed by atoms with Crippen LogP contribution in [-0.2, 0) is 4.79 Å². The molecule has 2 heterocycles. The first-order chi connectivity index (χ1) is 7.61. The van der Waals surface area contributed by atoms with Crippen molar-refractivity contribution in [1.29, 1.82) is 0 Å². The third-order valence-electron chi connectivity index (χ3n) is 2.85. The van der Waals surface area contributed by atoms with Gasteiger partial charge in [0.25, 0.3) is 0 Å². The molecular weight excluding hydrogens is 317 g/mol. The van der Waals surface area contributed by atoms with E-state index < -0.39 is 0 Å². The quantitative estimate of drug-likeness (QED) is 0.832. The molecule has 1 amide bonds. The molecule has 1 atom stereocenters. The van der Waals surface area contributed by atoms with Crippen LogP contribution in [0.25, 0.3) is 0 Å². The Morgan fingerprint density at radius 3 is 3.00 bits per heavy atom. The van der Waals surface area contributed by atoms with Crippen molar-refractivity contribution < 1.29 is 4.79 Å². The standard InChI is InChI=1S/C11H14IN3O/c1-7-2-10(14-5-9(7)12)15-6-8(4-13)3-11(15)16/h2,5,8H,3-4,6,13H2,1H3. The van der Waals surface area contributed by atoms with E-state index in [9.17, 15) is 4.79 Å². The van der Waals surface area contributed by atoms with Crippen LogP contribution in [0.4, 0.5) is 5.82 Å². The van der Waals surface area contributed by atoms with E-state index in [1.54, 1.807) is 11.1 Å². The van der Waals surface area contributed by atoms with Gasteiger partial charge < -0.3 is 5.73 Å². The maximum absolute atomic E-state index is 11.8. The molecular formula is C11H14IN3O. The predicted molar refractivity (Wildman–Crippen MR) is 71.2 cm³/mol. The van der Waals surface area contributed by atoms with Gasteiger partial charge in [-0.3, -0.25) is 9.69 Å². The summed E-state index contributed by atoms with van der Waals surface area (Å²) in [4.78, 5) is 17.8. The number of carbonyl (C=O) groups excluding carboxylic acids is 1. The van der Waals surface area contributed by atoms with Gasteiger partial charge in [0.1, 0.15) is 5.82 Å². The third kappa shape index (κ3) is 2.20. The molecule has 0 spiro atoms. The normalized spacial score (nSPS) is 20.6. The first kappa shape index (κ1) is 11.8. The lowest BCUT2D eigenvalue weighted by Gasteiger charge is -2.16. The second-order valence-corrected chi connectivity index (χ2v) is 5.26. The zero-order valence-corrected chi connectivity index (χ0v) is 11.3. The Balaban J connectivity index is 2.24. The van der Waals surface area contributed by atoms with Gasteiger partial charge in [0.2, 0.25) is 5.91 Å². The van der Waals surface area contributed by atoms with E-state index in [2.05, 4.69) is 27.6 Å². The molecule has 1 fully saturated rings. The monoisotopic (exact) mass is 331 g/mol. The molecule has 0 bridgehead atoms. The van der Waals surface area contributed by atoms with E-state index in [1.807, 2.05) is 13.0 Å². The molecule has 0 aliphatic carbocycles. The van der Waals surface area contributed by atoms with Crippen LogP contribution in [0.2, 0.25) is 0 Å². The molecule has 0 radical (unpaired) electrons. The molecule has 0 aromatic carbocycles. The lowest BCUT2D eigenvalue weighted by molar-refractivity contribution is -0.117. The summed E-state index contributed by atoms with van der Waals surface area (Å²) in [7, 11) is 0. The number of pyridine rings is 1. The number of halogens is 1. The molecule has 1 unspecified atom stereocenters. The van der Waals surface area contributed by atoms with Crippen LogP contribution < -0.4 is 10.6 Å². The Morgan fingerprint density at radius 1 is 1.69 bits per heavy atom. The summed E-state index contributed by atoms with van der Waals surface area (Å²) in [5.41, 5.74) is 6.74. The Labute approximate surface area is 108 Å². The van der Waals surface area contributed by atoms with Crippen LogP contribution in [0.15, 0.2) is 12.3 Å². The van der Waals surface area contributed by atoms with Gasteiger partial charge in [0.15, 0.2) is 0 Å². The highest BCUT2D eigenvalue weighted by Crippen LogP contribution is 2.24. The summed E-state index contributed by atoms with van der Waals surface area (Å²) >= 11 is 2.23. The van der Waals surface area contributed by atoms with Crippen LogP contribution in [0.3, 0.4) is 0 Å². The number of hydrogen-bond acceptors (Lipinski definition) is 3. The highest BCUT2D eigenvalue weighted by atomic mass is 127. The number of rotatable bonds is 2. The molecule has 1 aromatic rings. The number of nitrogens with zero attached hydrogens (tertiary/aromatic N) is 2. The van der Waals surface area contributed by atoms with Gasteiger partial charge in [0.05, 0.1) is 0 Å². The molecule has 1 aromatic heterocycles. The zero-order chi connectivity index (χ0) is 11.7. The second-order valence-electron chi connectivity index (χ2n) is 4.10. The Bertz CT molecular complexity index is 422. The van der Waals surface area contributed by atoms with Gasteiger partial charge in [-0.15, -0.1) is 0 Å². The number of aromatic nitrogens is 1. The lowest BCUT2D eigenvalue weighted by atomic mass is 10.1. The number of hydrogen-bond donors (Lipinski definition) is 1. The van der Waals surface area contributed by atoms with Crippen molar-refractivity contribution in [2.45, 2.75) is 13.3 Å². The van der Waals surface area contributed by atoms with Crippen molar-refractivity contribution in [2.24, 2.45) is 11.7 Å². The maximum Gasteiger partial charge on any atom is 0.228 e. The van der Waals surface area contributed by atoms with E-state index in [1.165, 1.54) is 0 Å². The van der Waals surface area contributed by atoms with Crippen molar-refractivity contribution in [3.8, 4) is 0 Å². The van der Waals surface area contributed by atoms with Gasteiger partial charge in [-0.25, -0.2) is 4.98 Å². The van der Waals surface area contributed by atoms with Crippen LogP contribution in [0.1, 0.15) is 12.0 Å². The van der Waals surface area contributed by atoms with Crippen molar-refractivity contribution >= 4 is 34.3 Å². The van der Waals surface area contributed by atoms with E-state index >= 15 is 0 Å². The number of anilines is 1. The largest absolute Gasteiger partial charge is 0.330 e. The van der Waals surface area contributed by atoms with Crippen molar-refractivity contribution in [3.63, 3.8) is 0 Å². The minimum Gasteiger partial charge on any atom is -0.330 e.